The van der Waals surface area contributed by atoms with Crippen LogP contribution in [0.5, 0.6) is 0 Å². The number of likely N-dealkylation sites (tertiary alicyclic amines) is 1. The van der Waals surface area contributed by atoms with Gasteiger partial charge in [-0.05, 0) is 57.8 Å². The molecular weight excluding hydrogens is 294 g/mol. The molecule has 1 rings (SSSR count). The van der Waals surface area contributed by atoms with E-state index in [1.54, 1.807) is 0 Å². The van der Waals surface area contributed by atoms with Gasteiger partial charge in [0.05, 0.1) is 0 Å². The van der Waals surface area contributed by atoms with Gasteiger partial charge >= 0.3 is 0 Å². The molecular formula is C22H37NO. The van der Waals surface area contributed by atoms with Gasteiger partial charge in [-0.25, -0.2) is 0 Å². The van der Waals surface area contributed by atoms with Crippen LogP contribution in [0.2, 0.25) is 0 Å². The summed E-state index contributed by atoms with van der Waals surface area (Å²) in [7, 11) is 0. The van der Waals surface area contributed by atoms with Crippen LogP contribution in [0, 0.1) is 0 Å². The molecule has 0 aliphatic carbocycles. The van der Waals surface area contributed by atoms with Crippen LogP contribution in [0.1, 0.15) is 84.0 Å². The predicted octanol–water partition coefficient (Wildman–Crippen LogP) is 6.20. The highest BCUT2D eigenvalue weighted by Gasteiger charge is 2.16. The summed E-state index contributed by atoms with van der Waals surface area (Å²) in [4.78, 5) is 13.9. The number of nitrogens with zero attached hydrogens (tertiary/aromatic N) is 1. The summed E-state index contributed by atoms with van der Waals surface area (Å²) in [5.41, 5.74) is 0. The molecule has 0 bridgehead atoms. The van der Waals surface area contributed by atoms with E-state index in [2.05, 4.69) is 43.4 Å². The predicted molar refractivity (Wildman–Crippen MR) is 105 cm³/mol. The van der Waals surface area contributed by atoms with Gasteiger partial charge in [0.25, 0.3) is 0 Å². The average molecular weight is 332 g/mol. The zero-order chi connectivity index (χ0) is 17.3. The van der Waals surface area contributed by atoms with Crippen molar-refractivity contribution in [1.29, 1.82) is 0 Å². The van der Waals surface area contributed by atoms with Gasteiger partial charge in [0.1, 0.15) is 0 Å². The first-order valence-corrected chi connectivity index (χ1v) is 10.1. The Morgan fingerprint density at radius 3 is 1.92 bits per heavy atom. The molecule has 24 heavy (non-hydrogen) atoms. The Labute approximate surface area is 149 Å². The zero-order valence-electron chi connectivity index (χ0n) is 15.7. The molecule has 0 saturated carbocycles. The fourth-order valence-electron chi connectivity index (χ4n) is 2.95. The molecule has 0 aromatic rings. The fraction of sp³-hybridized carbons (Fsp3) is 0.682. The molecule has 0 aromatic heterocycles. The molecule has 0 spiro atoms. The summed E-state index contributed by atoms with van der Waals surface area (Å²) >= 11 is 0. The molecule has 1 amide bonds. The van der Waals surface area contributed by atoms with Crippen LogP contribution in [0.25, 0.3) is 0 Å². The van der Waals surface area contributed by atoms with Crippen molar-refractivity contribution >= 4 is 5.91 Å². The third-order valence-electron chi connectivity index (χ3n) is 4.49. The molecule has 0 N–H and O–H groups in total. The number of hydrogen-bond donors (Lipinski definition) is 0. The second-order valence-electron chi connectivity index (χ2n) is 6.72. The molecule has 1 fully saturated rings. The van der Waals surface area contributed by atoms with Crippen LogP contribution in [-0.2, 0) is 4.79 Å². The number of allylic oxidation sites excluding steroid dienone is 6. The third kappa shape index (κ3) is 11.3. The van der Waals surface area contributed by atoms with Gasteiger partial charge in [-0.15, -0.1) is 0 Å². The molecule has 1 saturated heterocycles. The Balaban J connectivity index is 1.88. The highest BCUT2D eigenvalue weighted by Crippen LogP contribution is 2.11. The molecule has 0 radical (unpaired) electrons. The Morgan fingerprint density at radius 2 is 1.33 bits per heavy atom. The number of amides is 1. The first-order chi connectivity index (χ1) is 11.8. The summed E-state index contributed by atoms with van der Waals surface area (Å²) in [6.07, 6.45) is 27.2. The second kappa shape index (κ2) is 15.2. The number of carbonyl (C=O) groups excluding carboxylic acids is 1. The minimum Gasteiger partial charge on any atom is -0.343 e. The van der Waals surface area contributed by atoms with E-state index in [4.69, 9.17) is 0 Å². The molecule has 0 atom stereocenters. The highest BCUT2D eigenvalue weighted by molar-refractivity contribution is 5.76. The van der Waals surface area contributed by atoms with Crippen molar-refractivity contribution in [3.63, 3.8) is 0 Å². The van der Waals surface area contributed by atoms with Crippen molar-refractivity contribution in [2.45, 2.75) is 84.0 Å². The van der Waals surface area contributed by atoms with Crippen LogP contribution in [0.15, 0.2) is 36.5 Å². The van der Waals surface area contributed by atoms with Crippen LogP contribution in [-0.4, -0.2) is 23.9 Å². The van der Waals surface area contributed by atoms with Crippen molar-refractivity contribution < 1.29 is 4.79 Å². The van der Waals surface area contributed by atoms with Gasteiger partial charge in [-0.2, -0.15) is 0 Å². The third-order valence-corrected chi connectivity index (χ3v) is 4.49. The molecule has 1 aliphatic rings. The Kier molecular flexibility index (Phi) is 13.2. The lowest BCUT2D eigenvalue weighted by Crippen LogP contribution is -2.27. The van der Waals surface area contributed by atoms with Gasteiger partial charge < -0.3 is 4.90 Å². The van der Waals surface area contributed by atoms with E-state index in [1.165, 1.54) is 38.5 Å². The van der Waals surface area contributed by atoms with Gasteiger partial charge in [0.2, 0.25) is 5.91 Å². The zero-order valence-corrected chi connectivity index (χ0v) is 15.7. The molecule has 2 nitrogen and oxygen atoms in total. The van der Waals surface area contributed by atoms with Crippen molar-refractivity contribution in [2.75, 3.05) is 13.1 Å². The topological polar surface area (TPSA) is 20.3 Å². The lowest BCUT2D eigenvalue weighted by atomic mass is 10.1. The van der Waals surface area contributed by atoms with E-state index in [0.717, 1.165) is 51.6 Å². The normalized spacial score (nSPS) is 15.5. The first-order valence-electron chi connectivity index (χ1n) is 10.1. The fourth-order valence-corrected chi connectivity index (χ4v) is 2.95. The van der Waals surface area contributed by atoms with E-state index in [1.807, 2.05) is 4.90 Å². The minimum atomic E-state index is 0.363. The standard InChI is InChI=1S/C22H37NO/c1-2-3-4-5-6-7-8-9-10-11-12-13-14-15-16-19-22(24)23-20-17-18-21-23/h6-7,9-10,12-13H,2-5,8,11,14-21H2,1H3. The number of unbranched alkanes of at least 4 members (excludes halogenated alkanes) is 5. The van der Waals surface area contributed by atoms with Crippen molar-refractivity contribution in [1.82, 2.24) is 4.90 Å². The van der Waals surface area contributed by atoms with E-state index in [-0.39, 0.29) is 0 Å². The number of carbonyl (C=O) groups is 1. The quantitative estimate of drug-likeness (QED) is 0.291. The summed E-state index contributed by atoms with van der Waals surface area (Å²) in [6, 6.07) is 0. The van der Waals surface area contributed by atoms with E-state index in [9.17, 15) is 4.79 Å². The van der Waals surface area contributed by atoms with Crippen LogP contribution >= 0.6 is 0 Å². The maximum Gasteiger partial charge on any atom is 0.222 e. The Morgan fingerprint density at radius 1 is 0.792 bits per heavy atom. The molecule has 1 aliphatic heterocycles. The molecule has 2 heteroatoms. The average Bonchev–Trinajstić information content (AvgIpc) is 3.13. The smallest absolute Gasteiger partial charge is 0.222 e. The summed E-state index contributed by atoms with van der Waals surface area (Å²) in [5, 5.41) is 0. The largest absolute Gasteiger partial charge is 0.343 e. The van der Waals surface area contributed by atoms with Crippen LogP contribution in [0.3, 0.4) is 0 Å². The maximum absolute atomic E-state index is 11.9. The minimum absolute atomic E-state index is 0.363. The molecule has 136 valence electrons. The lowest BCUT2D eigenvalue weighted by molar-refractivity contribution is -0.130. The SMILES string of the molecule is CCCCCC=CCC=CCC=CCCCCC(=O)N1CCCC1. The van der Waals surface area contributed by atoms with Gasteiger partial charge in [-0.1, -0.05) is 56.2 Å². The van der Waals surface area contributed by atoms with Crippen molar-refractivity contribution in [3.8, 4) is 0 Å². The molecule has 0 aromatic carbocycles. The van der Waals surface area contributed by atoms with Crippen LogP contribution < -0.4 is 0 Å². The number of rotatable bonds is 13. The summed E-state index contributed by atoms with van der Waals surface area (Å²) < 4.78 is 0. The number of hydrogen-bond acceptors (Lipinski definition) is 1. The van der Waals surface area contributed by atoms with Gasteiger partial charge in [0, 0.05) is 19.5 Å². The van der Waals surface area contributed by atoms with Crippen molar-refractivity contribution in [2.24, 2.45) is 0 Å². The summed E-state index contributed by atoms with van der Waals surface area (Å²) in [5.74, 6) is 0.363. The van der Waals surface area contributed by atoms with Crippen molar-refractivity contribution in [3.05, 3.63) is 36.5 Å². The molecule has 1 heterocycles. The van der Waals surface area contributed by atoms with E-state index in [0.29, 0.717) is 5.91 Å². The summed E-state index contributed by atoms with van der Waals surface area (Å²) in [6.45, 7) is 4.21. The Bertz CT molecular complexity index is 389. The van der Waals surface area contributed by atoms with E-state index < -0.39 is 0 Å². The first kappa shape index (κ1) is 20.7. The second-order valence-corrected chi connectivity index (χ2v) is 6.72. The lowest BCUT2D eigenvalue weighted by Gasteiger charge is -2.14. The maximum atomic E-state index is 11.9. The highest BCUT2D eigenvalue weighted by atomic mass is 16.2. The van der Waals surface area contributed by atoms with Crippen LogP contribution in [0.4, 0.5) is 0 Å². The molecule has 0 unspecified atom stereocenters. The van der Waals surface area contributed by atoms with Gasteiger partial charge in [0.15, 0.2) is 0 Å². The van der Waals surface area contributed by atoms with Gasteiger partial charge in [-0.3, -0.25) is 4.79 Å². The van der Waals surface area contributed by atoms with E-state index >= 15 is 0 Å². The monoisotopic (exact) mass is 331 g/mol. The Hall–Kier alpha value is -1.31.